The zero-order valence-electron chi connectivity index (χ0n) is 16.1. The van der Waals surface area contributed by atoms with Gasteiger partial charge in [0.1, 0.15) is 0 Å². The smallest absolute Gasteiger partial charge is 0.228 e. The van der Waals surface area contributed by atoms with Crippen molar-refractivity contribution in [2.24, 2.45) is 10.8 Å². The third kappa shape index (κ3) is 2.80. The van der Waals surface area contributed by atoms with Crippen LogP contribution in [0.5, 0.6) is 0 Å². The number of fused-ring (bicyclic) bond motifs is 1. The van der Waals surface area contributed by atoms with Gasteiger partial charge in [0.2, 0.25) is 15.9 Å². The summed E-state index contributed by atoms with van der Waals surface area (Å²) in [6.07, 6.45) is 7.66. The molecule has 3 saturated heterocycles. The highest BCUT2D eigenvalue weighted by atomic mass is 32.2. The minimum absolute atomic E-state index is 0.134. The van der Waals surface area contributed by atoms with E-state index in [0.717, 1.165) is 63.8 Å². The summed E-state index contributed by atoms with van der Waals surface area (Å²) in [5, 5.41) is 2.91. The van der Waals surface area contributed by atoms with Gasteiger partial charge in [-0.1, -0.05) is 6.07 Å². The van der Waals surface area contributed by atoms with E-state index in [9.17, 15) is 13.2 Å². The zero-order chi connectivity index (χ0) is 19.4. The van der Waals surface area contributed by atoms with Crippen LogP contribution >= 0.6 is 0 Å². The average molecular weight is 405 g/mol. The molecule has 1 N–H and O–H groups in total. The molecule has 4 aliphatic rings. The summed E-state index contributed by atoms with van der Waals surface area (Å²) in [6.45, 7) is 4.22. The van der Waals surface area contributed by atoms with Crippen molar-refractivity contribution in [1.82, 2.24) is 19.5 Å². The van der Waals surface area contributed by atoms with Crippen LogP contribution in [0.25, 0.3) is 0 Å². The molecule has 7 nitrogen and oxygen atoms in total. The lowest BCUT2D eigenvalue weighted by Crippen LogP contribution is -2.53. The van der Waals surface area contributed by atoms with Crippen LogP contribution in [0.1, 0.15) is 37.7 Å². The van der Waals surface area contributed by atoms with E-state index >= 15 is 0 Å². The maximum absolute atomic E-state index is 13.0. The van der Waals surface area contributed by atoms with Crippen molar-refractivity contribution in [2.75, 3.05) is 32.7 Å². The highest BCUT2D eigenvalue weighted by Gasteiger charge is 2.64. The van der Waals surface area contributed by atoms with Gasteiger partial charge < -0.3 is 5.32 Å². The molecule has 0 aromatic carbocycles. The summed E-state index contributed by atoms with van der Waals surface area (Å²) in [6, 6.07) is 4.02. The Morgan fingerprint density at radius 1 is 1.18 bits per heavy atom. The summed E-state index contributed by atoms with van der Waals surface area (Å²) in [7, 11) is -3.13. The van der Waals surface area contributed by atoms with Gasteiger partial charge in [-0.2, -0.15) is 0 Å². The number of sulfonamides is 1. The standard InChI is InChI=1S/C20H28N4O3S/c25-18-20(5-9-22-18)15-23(13-16-2-1-8-21-12-16)14-19(20)6-10-24(11-7-19)28(26,27)17-3-4-17/h1-2,8,12,17H,3-7,9-11,13-15H2,(H,22,25)/t20-/m0/s1. The number of amides is 1. The van der Waals surface area contributed by atoms with Crippen LogP contribution in [0.15, 0.2) is 24.5 Å². The normalized spacial score (nSPS) is 30.9. The lowest BCUT2D eigenvalue weighted by atomic mass is 9.60. The van der Waals surface area contributed by atoms with Gasteiger partial charge in [-0.25, -0.2) is 12.7 Å². The van der Waals surface area contributed by atoms with E-state index in [0.29, 0.717) is 13.1 Å². The van der Waals surface area contributed by atoms with Crippen molar-refractivity contribution < 1.29 is 13.2 Å². The number of carbonyl (C=O) groups excluding carboxylic acids is 1. The molecule has 152 valence electrons. The predicted octanol–water partition coefficient (Wildman–Crippen LogP) is 0.978. The largest absolute Gasteiger partial charge is 0.356 e. The Morgan fingerprint density at radius 2 is 1.96 bits per heavy atom. The number of nitrogens with zero attached hydrogens (tertiary/aromatic N) is 3. The Hall–Kier alpha value is -1.51. The molecule has 1 saturated carbocycles. The quantitative estimate of drug-likeness (QED) is 0.809. The van der Waals surface area contributed by atoms with Gasteiger partial charge in [0.25, 0.3) is 0 Å². The highest BCUT2D eigenvalue weighted by Crippen LogP contribution is 2.57. The first kappa shape index (κ1) is 18.5. The van der Waals surface area contributed by atoms with E-state index in [2.05, 4.69) is 21.3 Å². The second-order valence-corrected chi connectivity index (χ2v) is 11.2. The van der Waals surface area contributed by atoms with E-state index in [1.807, 2.05) is 12.3 Å². The molecule has 1 atom stereocenters. The van der Waals surface area contributed by atoms with E-state index in [4.69, 9.17) is 0 Å². The van der Waals surface area contributed by atoms with Gasteiger partial charge >= 0.3 is 0 Å². The van der Waals surface area contributed by atoms with Crippen molar-refractivity contribution in [3.8, 4) is 0 Å². The van der Waals surface area contributed by atoms with Crippen LogP contribution < -0.4 is 5.32 Å². The number of rotatable bonds is 4. The monoisotopic (exact) mass is 404 g/mol. The van der Waals surface area contributed by atoms with Crippen molar-refractivity contribution in [1.29, 1.82) is 0 Å². The van der Waals surface area contributed by atoms with Crippen molar-refractivity contribution in [2.45, 2.75) is 43.9 Å². The Kier molecular flexibility index (Phi) is 4.30. The number of hydrogen-bond donors (Lipinski definition) is 1. The maximum Gasteiger partial charge on any atom is 0.228 e. The molecule has 4 heterocycles. The number of carbonyl (C=O) groups is 1. The summed E-state index contributed by atoms with van der Waals surface area (Å²) < 4.78 is 27.0. The van der Waals surface area contributed by atoms with Crippen LogP contribution in [0, 0.1) is 10.8 Å². The summed E-state index contributed by atoms with van der Waals surface area (Å²) in [5.41, 5.74) is 0.637. The van der Waals surface area contributed by atoms with E-state index in [1.54, 1.807) is 10.5 Å². The second-order valence-electron chi connectivity index (χ2n) is 9.02. The Labute approximate surface area is 166 Å². The van der Waals surface area contributed by atoms with Crippen LogP contribution in [0.2, 0.25) is 0 Å². The number of hydrogen-bond acceptors (Lipinski definition) is 5. The second kappa shape index (κ2) is 6.50. The molecule has 1 aliphatic carbocycles. The van der Waals surface area contributed by atoms with Gasteiger partial charge in [-0.15, -0.1) is 0 Å². The number of pyridine rings is 1. The molecule has 1 aromatic rings. The molecule has 3 aliphatic heterocycles. The lowest BCUT2D eigenvalue weighted by Gasteiger charge is -2.46. The first-order valence-corrected chi connectivity index (χ1v) is 11.8. The van der Waals surface area contributed by atoms with Crippen LogP contribution in [0.3, 0.4) is 0 Å². The molecule has 4 fully saturated rings. The van der Waals surface area contributed by atoms with Crippen LogP contribution in [-0.4, -0.2) is 66.5 Å². The molecule has 1 amide bonds. The summed E-state index contributed by atoms with van der Waals surface area (Å²) in [4.78, 5) is 19.6. The fourth-order valence-electron chi connectivity index (χ4n) is 5.76. The topological polar surface area (TPSA) is 82.6 Å². The minimum Gasteiger partial charge on any atom is -0.356 e. The molecule has 5 rings (SSSR count). The zero-order valence-corrected chi connectivity index (χ0v) is 17.0. The van der Waals surface area contributed by atoms with Crippen LogP contribution in [0.4, 0.5) is 0 Å². The predicted molar refractivity (Wildman–Crippen MR) is 105 cm³/mol. The fourth-order valence-corrected chi connectivity index (χ4v) is 7.60. The number of aromatic nitrogens is 1. The molecule has 0 unspecified atom stereocenters. The van der Waals surface area contributed by atoms with Gasteiger partial charge in [0.05, 0.1) is 10.7 Å². The third-order valence-corrected chi connectivity index (χ3v) is 9.82. The molecule has 2 spiro atoms. The van der Waals surface area contributed by atoms with Gasteiger partial charge in [0, 0.05) is 57.1 Å². The minimum atomic E-state index is -3.13. The molecule has 0 radical (unpaired) electrons. The van der Waals surface area contributed by atoms with Crippen LogP contribution in [-0.2, 0) is 21.4 Å². The molecule has 8 heteroatoms. The number of likely N-dealkylation sites (tertiary alicyclic amines) is 1. The molecule has 0 bridgehead atoms. The summed E-state index contributed by atoms with van der Waals surface area (Å²) in [5.74, 6) is 0.166. The van der Waals surface area contributed by atoms with Gasteiger partial charge in [0.15, 0.2) is 0 Å². The third-order valence-electron chi connectivity index (χ3n) is 7.42. The molecule has 28 heavy (non-hydrogen) atoms. The van der Waals surface area contributed by atoms with Gasteiger partial charge in [-0.3, -0.25) is 14.7 Å². The first-order valence-electron chi connectivity index (χ1n) is 10.3. The Balaban J connectivity index is 1.38. The summed E-state index contributed by atoms with van der Waals surface area (Å²) >= 11 is 0. The lowest BCUT2D eigenvalue weighted by molar-refractivity contribution is -0.133. The van der Waals surface area contributed by atoms with Crippen molar-refractivity contribution in [3.05, 3.63) is 30.1 Å². The molecular weight excluding hydrogens is 376 g/mol. The highest BCUT2D eigenvalue weighted by molar-refractivity contribution is 7.90. The molecular formula is C20H28N4O3S. The first-order chi connectivity index (χ1) is 13.5. The van der Waals surface area contributed by atoms with Crippen molar-refractivity contribution >= 4 is 15.9 Å². The van der Waals surface area contributed by atoms with Crippen molar-refractivity contribution in [3.63, 3.8) is 0 Å². The average Bonchev–Trinajstić information content (AvgIpc) is 3.43. The van der Waals surface area contributed by atoms with E-state index < -0.39 is 10.0 Å². The maximum atomic E-state index is 13.0. The number of piperidine rings is 1. The van der Waals surface area contributed by atoms with E-state index in [1.165, 1.54) is 0 Å². The Bertz CT molecular complexity index is 863. The number of nitrogens with one attached hydrogen (secondary N) is 1. The fraction of sp³-hybridized carbons (Fsp3) is 0.700. The SMILES string of the molecule is O=C1NCC[C@]12CN(Cc1cccnc1)CC21CCN(S(=O)(=O)C2CC2)CC1. The molecule has 1 aromatic heterocycles. The van der Waals surface area contributed by atoms with Gasteiger partial charge in [-0.05, 0) is 43.7 Å². The Morgan fingerprint density at radius 3 is 2.57 bits per heavy atom. The van der Waals surface area contributed by atoms with E-state index in [-0.39, 0.29) is 22.0 Å².